The van der Waals surface area contributed by atoms with Crippen LogP contribution in [0.3, 0.4) is 0 Å². The number of amides is 1. The molecule has 0 spiro atoms. The largest absolute Gasteiger partial charge is 0.355 e. The van der Waals surface area contributed by atoms with E-state index in [2.05, 4.69) is 27.3 Å². The van der Waals surface area contributed by atoms with Gasteiger partial charge in [-0.2, -0.15) is 0 Å². The van der Waals surface area contributed by atoms with Gasteiger partial charge in [-0.25, -0.2) is 0 Å². The first-order valence-corrected chi connectivity index (χ1v) is 8.69. The summed E-state index contributed by atoms with van der Waals surface area (Å²) in [4.78, 5) is 21.7. The van der Waals surface area contributed by atoms with Crippen molar-refractivity contribution in [3.63, 3.8) is 0 Å². The Hall–Kier alpha value is -2.96. The van der Waals surface area contributed by atoms with E-state index in [1.54, 1.807) is 6.07 Å². The van der Waals surface area contributed by atoms with Gasteiger partial charge in [0.2, 0.25) is 5.90 Å². The van der Waals surface area contributed by atoms with Crippen LogP contribution in [0.4, 0.5) is 0 Å². The van der Waals surface area contributed by atoms with E-state index in [0.717, 1.165) is 18.4 Å². The molecule has 1 fully saturated rings. The maximum Gasteiger partial charge on any atom is 0.273 e. The Morgan fingerprint density at radius 1 is 1.38 bits per heavy atom. The van der Waals surface area contributed by atoms with Crippen LogP contribution in [0, 0.1) is 5.92 Å². The van der Waals surface area contributed by atoms with E-state index in [0.29, 0.717) is 36.2 Å². The third-order valence-corrected chi connectivity index (χ3v) is 4.37. The van der Waals surface area contributed by atoms with Gasteiger partial charge in [0.05, 0.1) is 0 Å². The highest BCUT2D eigenvalue weighted by Crippen LogP contribution is 2.28. The fraction of sp³-hybridized carbons (Fsp3) is 0.368. The van der Waals surface area contributed by atoms with Gasteiger partial charge in [0.15, 0.2) is 11.5 Å². The first-order valence-electron chi connectivity index (χ1n) is 8.69. The summed E-state index contributed by atoms with van der Waals surface area (Å²) >= 11 is 0. The smallest absolute Gasteiger partial charge is 0.273 e. The molecule has 1 aliphatic carbocycles. The standard InChI is InChI=1S/C19H22N4O3/c1-3-18(26-20-2)21-12-13-9-15(10-13)22-19(24)16-11-17(25-23-16)14-7-5-4-6-8-14/h4-8,11,13,15H,2-3,9-10,12H2,1H3,(H,22,24). The fourth-order valence-corrected chi connectivity index (χ4v) is 2.89. The first-order chi connectivity index (χ1) is 12.7. The molecule has 7 nitrogen and oxygen atoms in total. The van der Waals surface area contributed by atoms with Crippen LogP contribution in [-0.4, -0.2) is 36.3 Å². The normalized spacial score (nSPS) is 19.5. The van der Waals surface area contributed by atoms with Crippen molar-refractivity contribution in [2.75, 3.05) is 6.54 Å². The number of carbonyl (C=O) groups excluding carboxylic acids is 1. The third kappa shape index (κ3) is 4.36. The minimum absolute atomic E-state index is 0.142. The third-order valence-electron chi connectivity index (χ3n) is 4.37. The number of benzene rings is 1. The lowest BCUT2D eigenvalue weighted by molar-refractivity contribution is 0.0883. The van der Waals surface area contributed by atoms with Crippen LogP contribution in [0.5, 0.6) is 0 Å². The highest BCUT2D eigenvalue weighted by Gasteiger charge is 2.31. The summed E-state index contributed by atoms with van der Waals surface area (Å²) in [5.41, 5.74) is 1.19. The Morgan fingerprint density at radius 2 is 2.15 bits per heavy atom. The van der Waals surface area contributed by atoms with Gasteiger partial charge in [0, 0.05) is 37.4 Å². The molecule has 26 heavy (non-hydrogen) atoms. The number of oxime groups is 1. The number of hydrogen-bond donors (Lipinski definition) is 1. The van der Waals surface area contributed by atoms with Crippen LogP contribution in [0.15, 0.2) is 51.1 Å². The molecule has 1 aliphatic rings. The number of nitrogens with one attached hydrogen (secondary N) is 1. The van der Waals surface area contributed by atoms with Gasteiger partial charge in [-0.15, -0.1) is 0 Å². The summed E-state index contributed by atoms with van der Waals surface area (Å²) in [5, 5.41) is 10.2. The zero-order valence-corrected chi connectivity index (χ0v) is 14.7. The van der Waals surface area contributed by atoms with Crippen molar-refractivity contribution < 1.29 is 14.2 Å². The Kier molecular flexibility index (Phi) is 5.78. The second-order valence-corrected chi connectivity index (χ2v) is 6.26. The molecule has 0 saturated heterocycles. The number of nitrogens with zero attached hydrogens (tertiary/aromatic N) is 3. The van der Waals surface area contributed by atoms with Crippen molar-refractivity contribution in [2.24, 2.45) is 16.1 Å². The lowest BCUT2D eigenvalue weighted by Crippen LogP contribution is -2.45. The molecule has 0 bridgehead atoms. The Labute approximate surface area is 152 Å². The molecule has 1 heterocycles. The maximum absolute atomic E-state index is 12.3. The number of aromatic nitrogens is 1. The van der Waals surface area contributed by atoms with Crippen molar-refractivity contribution in [3.05, 3.63) is 42.1 Å². The molecular weight excluding hydrogens is 332 g/mol. The fourth-order valence-electron chi connectivity index (χ4n) is 2.89. The molecule has 1 saturated carbocycles. The van der Waals surface area contributed by atoms with Crippen LogP contribution >= 0.6 is 0 Å². The van der Waals surface area contributed by atoms with E-state index >= 15 is 0 Å². The maximum atomic E-state index is 12.3. The van der Waals surface area contributed by atoms with Gasteiger partial charge in [-0.05, 0) is 18.8 Å². The van der Waals surface area contributed by atoms with Crippen LogP contribution in [-0.2, 0) is 4.84 Å². The minimum atomic E-state index is -0.212. The second-order valence-electron chi connectivity index (χ2n) is 6.26. The zero-order chi connectivity index (χ0) is 18.4. The van der Waals surface area contributed by atoms with Crippen molar-refractivity contribution >= 4 is 18.5 Å². The highest BCUT2D eigenvalue weighted by molar-refractivity contribution is 5.93. The topological polar surface area (TPSA) is 89.1 Å². The SMILES string of the molecule is C=NOC(CC)=NCC1CC(NC(=O)c2cc(-c3ccccc3)on2)C1. The summed E-state index contributed by atoms with van der Waals surface area (Å²) in [7, 11) is 0. The van der Waals surface area contributed by atoms with Gasteiger partial charge in [0.1, 0.15) is 0 Å². The first kappa shape index (κ1) is 17.8. The lowest BCUT2D eigenvalue weighted by Gasteiger charge is -2.34. The number of aliphatic imine (C=N–C) groups is 1. The van der Waals surface area contributed by atoms with Crippen molar-refractivity contribution in [1.82, 2.24) is 10.5 Å². The number of rotatable bonds is 7. The van der Waals surface area contributed by atoms with E-state index in [4.69, 9.17) is 9.36 Å². The second kappa shape index (κ2) is 8.42. The van der Waals surface area contributed by atoms with E-state index < -0.39 is 0 Å². The quantitative estimate of drug-likeness (QED) is 0.469. The van der Waals surface area contributed by atoms with Crippen LogP contribution in [0.1, 0.15) is 36.7 Å². The molecule has 1 aromatic heterocycles. The predicted octanol–water partition coefficient (Wildman–Crippen LogP) is 3.29. The van der Waals surface area contributed by atoms with Crippen molar-refractivity contribution in [3.8, 4) is 11.3 Å². The van der Waals surface area contributed by atoms with Gasteiger partial charge in [0.25, 0.3) is 5.91 Å². The molecular formula is C19H22N4O3. The number of carbonyl (C=O) groups is 1. The molecule has 2 aromatic rings. The summed E-state index contributed by atoms with van der Waals surface area (Å²) in [6.45, 7) is 5.92. The average Bonchev–Trinajstić information content (AvgIpc) is 3.13. The van der Waals surface area contributed by atoms with Crippen molar-refractivity contribution in [2.45, 2.75) is 32.2 Å². The molecule has 7 heteroatoms. The van der Waals surface area contributed by atoms with Crippen molar-refractivity contribution in [1.29, 1.82) is 0 Å². The van der Waals surface area contributed by atoms with Crippen LogP contribution in [0.2, 0.25) is 0 Å². The van der Waals surface area contributed by atoms with Gasteiger partial charge in [-0.1, -0.05) is 47.6 Å². The highest BCUT2D eigenvalue weighted by atomic mass is 16.6. The molecule has 136 valence electrons. The van der Waals surface area contributed by atoms with Gasteiger partial charge < -0.3 is 14.7 Å². The molecule has 0 unspecified atom stereocenters. The molecule has 0 radical (unpaired) electrons. The number of hydrogen-bond acceptors (Lipinski definition) is 6. The monoisotopic (exact) mass is 354 g/mol. The van der Waals surface area contributed by atoms with E-state index in [-0.39, 0.29) is 11.9 Å². The summed E-state index contributed by atoms with van der Waals surface area (Å²) in [5.74, 6) is 1.40. The summed E-state index contributed by atoms with van der Waals surface area (Å²) < 4.78 is 5.27. The van der Waals surface area contributed by atoms with E-state index in [1.165, 1.54) is 0 Å². The zero-order valence-electron chi connectivity index (χ0n) is 14.7. The van der Waals surface area contributed by atoms with Gasteiger partial charge in [-0.3, -0.25) is 9.79 Å². The molecule has 0 aliphatic heterocycles. The molecule has 1 amide bonds. The van der Waals surface area contributed by atoms with E-state index in [1.807, 2.05) is 37.3 Å². The van der Waals surface area contributed by atoms with Crippen LogP contribution < -0.4 is 5.32 Å². The van der Waals surface area contributed by atoms with Gasteiger partial charge >= 0.3 is 0 Å². The van der Waals surface area contributed by atoms with E-state index in [9.17, 15) is 4.79 Å². The predicted molar refractivity (Wildman–Crippen MR) is 99.1 cm³/mol. The summed E-state index contributed by atoms with van der Waals surface area (Å²) in [6, 6.07) is 11.4. The molecule has 1 aromatic carbocycles. The molecule has 1 N–H and O–H groups in total. The minimum Gasteiger partial charge on any atom is -0.355 e. The lowest BCUT2D eigenvalue weighted by atomic mass is 9.80. The Balaban J connectivity index is 1.47. The summed E-state index contributed by atoms with van der Waals surface area (Å²) in [6.07, 6.45) is 2.45. The molecule has 3 rings (SSSR count). The Morgan fingerprint density at radius 3 is 2.85 bits per heavy atom. The Bertz CT molecular complexity index is 779. The van der Waals surface area contributed by atoms with Crippen LogP contribution in [0.25, 0.3) is 11.3 Å². The average molecular weight is 354 g/mol. The molecule has 0 atom stereocenters.